The van der Waals surface area contributed by atoms with Gasteiger partial charge >= 0.3 is 0 Å². The first-order valence-electron chi connectivity index (χ1n) is 6.20. The molecule has 2 heteroatoms. The SMILES string of the molecule is Cc1ccc(-n2c[n+](C)c3ccccc32)cc1C. The van der Waals surface area contributed by atoms with Crippen molar-refractivity contribution in [3.8, 4) is 5.69 Å². The summed E-state index contributed by atoms with van der Waals surface area (Å²) in [6.07, 6.45) is 2.13. The van der Waals surface area contributed by atoms with Gasteiger partial charge in [0, 0.05) is 0 Å². The number of aryl methyl sites for hydroxylation is 3. The lowest BCUT2D eigenvalue weighted by Crippen LogP contribution is -2.25. The molecule has 0 aliphatic heterocycles. The summed E-state index contributed by atoms with van der Waals surface area (Å²) in [5.74, 6) is 0. The van der Waals surface area contributed by atoms with Crippen molar-refractivity contribution in [3.63, 3.8) is 0 Å². The monoisotopic (exact) mass is 237 g/mol. The summed E-state index contributed by atoms with van der Waals surface area (Å²) in [5.41, 5.74) is 6.36. The quantitative estimate of drug-likeness (QED) is 0.575. The molecule has 1 heterocycles. The molecule has 18 heavy (non-hydrogen) atoms. The van der Waals surface area contributed by atoms with E-state index in [1.54, 1.807) is 0 Å². The number of benzene rings is 2. The van der Waals surface area contributed by atoms with E-state index in [1.807, 2.05) is 0 Å². The lowest BCUT2D eigenvalue weighted by molar-refractivity contribution is -0.645. The first kappa shape index (κ1) is 11.0. The predicted octanol–water partition coefficient (Wildman–Crippen LogP) is 3.07. The number of rotatable bonds is 1. The Labute approximate surface area is 107 Å². The summed E-state index contributed by atoms with van der Waals surface area (Å²) in [5, 5.41) is 0. The van der Waals surface area contributed by atoms with Gasteiger partial charge in [-0.2, -0.15) is 4.57 Å². The van der Waals surface area contributed by atoms with Gasteiger partial charge in [-0.05, 0) is 49.2 Å². The van der Waals surface area contributed by atoms with Gasteiger partial charge in [0.1, 0.15) is 5.69 Å². The van der Waals surface area contributed by atoms with Crippen LogP contribution in [-0.2, 0) is 7.05 Å². The molecule has 1 aromatic heterocycles. The summed E-state index contributed by atoms with van der Waals surface area (Å²) in [7, 11) is 2.08. The van der Waals surface area contributed by atoms with E-state index in [9.17, 15) is 0 Å². The average molecular weight is 237 g/mol. The first-order valence-corrected chi connectivity index (χ1v) is 6.20. The standard InChI is InChI=1S/C16H17N2/c1-12-8-9-14(10-13(12)2)18-11-17(3)15-6-4-5-7-16(15)18/h4-11H,1-3H3/q+1. The molecule has 0 aliphatic rings. The van der Waals surface area contributed by atoms with Crippen LogP contribution in [0.1, 0.15) is 11.1 Å². The van der Waals surface area contributed by atoms with Gasteiger partial charge in [-0.15, -0.1) is 0 Å². The molecule has 0 fully saturated rings. The largest absolute Gasteiger partial charge is 0.249 e. The number of imidazole rings is 1. The van der Waals surface area contributed by atoms with Crippen LogP contribution in [0.3, 0.4) is 0 Å². The van der Waals surface area contributed by atoms with Crippen LogP contribution in [0.4, 0.5) is 0 Å². The van der Waals surface area contributed by atoms with Gasteiger partial charge in [0.15, 0.2) is 11.0 Å². The molecule has 0 saturated carbocycles. The van der Waals surface area contributed by atoms with Crippen molar-refractivity contribution in [1.29, 1.82) is 0 Å². The van der Waals surface area contributed by atoms with E-state index in [0.717, 1.165) is 0 Å². The Balaban J connectivity index is 2.28. The summed E-state index contributed by atoms with van der Waals surface area (Å²) in [4.78, 5) is 0. The highest BCUT2D eigenvalue weighted by atomic mass is 15.1. The second-order valence-corrected chi connectivity index (χ2v) is 4.85. The zero-order chi connectivity index (χ0) is 12.7. The second kappa shape index (κ2) is 3.98. The van der Waals surface area contributed by atoms with Crippen LogP contribution in [-0.4, -0.2) is 4.57 Å². The van der Waals surface area contributed by atoms with Crippen molar-refractivity contribution >= 4 is 11.0 Å². The molecule has 0 bridgehead atoms. The Bertz CT molecular complexity index is 723. The van der Waals surface area contributed by atoms with Gasteiger partial charge in [-0.25, -0.2) is 4.57 Å². The lowest BCUT2D eigenvalue weighted by Gasteiger charge is -2.02. The van der Waals surface area contributed by atoms with Crippen LogP contribution in [0, 0.1) is 13.8 Å². The number of fused-ring (bicyclic) bond motifs is 1. The van der Waals surface area contributed by atoms with Crippen LogP contribution in [0.5, 0.6) is 0 Å². The van der Waals surface area contributed by atoms with E-state index >= 15 is 0 Å². The summed E-state index contributed by atoms with van der Waals surface area (Å²) in [6.45, 7) is 4.30. The summed E-state index contributed by atoms with van der Waals surface area (Å²) < 4.78 is 4.40. The van der Waals surface area contributed by atoms with Crippen molar-refractivity contribution < 1.29 is 4.57 Å². The second-order valence-electron chi connectivity index (χ2n) is 4.85. The molecule has 3 aromatic rings. The number of hydrogen-bond donors (Lipinski definition) is 0. The minimum atomic E-state index is 1.22. The van der Waals surface area contributed by atoms with Crippen molar-refractivity contribution in [1.82, 2.24) is 4.57 Å². The maximum Gasteiger partial charge on any atom is 0.249 e. The van der Waals surface area contributed by atoms with Crippen LogP contribution >= 0.6 is 0 Å². The normalized spacial score (nSPS) is 11.1. The molecule has 0 radical (unpaired) electrons. The van der Waals surface area contributed by atoms with Gasteiger partial charge in [0.05, 0.1) is 7.05 Å². The van der Waals surface area contributed by atoms with E-state index < -0.39 is 0 Å². The summed E-state index contributed by atoms with van der Waals surface area (Å²) in [6, 6.07) is 15.1. The predicted molar refractivity (Wildman–Crippen MR) is 73.9 cm³/mol. The maximum absolute atomic E-state index is 2.24. The molecule has 0 atom stereocenters. The van der Waals surface area contributed by atoms with Crippen molar-refractivity contribution in [2.24, 2.45) is 7.05 Å². The molecule has 0 aliphatic carbocycles. The first-order chi connectivity index (χ1) is 8.66. The Morgan fingerprint density at radius 1 is 0.944 bits per heavy atom. The van der Waals surface area contributed by atoms with Gasteiger partial charge in [-0.1, -0.05) is 18.2 Å². The van der Waals surface area contributed by atoms with Crippen molar-refractivity contribution in [2.45, 2.75) is 13.8 Å². The highest BCUT2D eigenvalue weighted by molar-refractivity contribution is 5.74. The third-order valence-electron chi connectivity index (χ3n) is 3.58. The van der Waals surface area contributed by atoms with Crippen molar-refractivity contribution in [2.75, 3.05) is 0 Å². The lowest BCUT2D eigenvalue weighted by atomic mass is 10.1. The smallest absolute Gasteiger partial charge is 0.232 e. The average Bonchev–Trinajstić information content (AvgIpc) is 2.71. The topological polar surface area (TPSA) is 8.81 Å². The van der Waals surface area contributed by atoms with Gasteiger partial charge in [0.2, 0.25) is 6.33 Å². The van der Waals surface area contributed by atoms with E-state index in [2.05, 4.69) is 78.8 Å². The molecule has 3 rings (SSSR count). The van der Waals surface area contributed by atoms with Crippen molar-refractivity contribution in [3.05, 3.63) is 59.9 Å². The van der Waals surface area contributed by atoms with E-state index in [-0.39, 0.29) is 0 Å². The highest BCUT2D eigenvalue weighted by Gasteiger charge is 2.14. The molecular weight excluding hydrogens is 220 g/mol. The molecule has 90 valence electrons. The maximum atomic E-state index is 2.24. The van der Waals surface area contributed by atoms with E-state index in [0.29, 0.717) is 0 Å². The minimum absolute atomic E-state index is 1.22. The highest BCUT2D eigenvalue weighted by Crippen LogP contribution is 2.18. The number of hydrogen-bond acceptors (Lipinski definition) is 0. The van der Waals surface area contributed by atoms with Crippen LogP contribution in [0.25, 0.3) is 16.7 Å². The van der Waals surface area contributed by atoms with Crippen LogP contribution < -0.4 is 4.57 Å². The Morgan fingerprint density at radius 2 is 1.72 bits per heavy atom. The fourth-order valence-corrected chi connectivity index (χ4v) is 2.34. The third-order valence-corrected chi connectivity index (χ3v) is 3.58. The van der Waals surface area contributed by atoms with Gasteiger partial charge < -0.3 is 0 Å². The molecule has 0 amide bonds. The Hall–Kier alpha value is -2.09. The molecule has 0 N–H and O–H groups in total. The number of para-hydroxylation sites is 2. The Morgan fingerprint density at radius 3 is 2.50 bits per heavy atom. The van der Waals surface area contributed by atoms with Crippen LogP contribution in [0.15, 0.2) is 48.8 Å². The molecule has 0 saturated heterocycles. The zero-order valence-corrected chi connectivity index (χ0v) is 11.0. The molecular formula is C16H17N2+. The minimum Gasteiger partial charge on any atom is -0.232 e. The molecule has 2 nitrogen and oxygen atoms in total. The number of nitrogens with zero attached hydrogens (tertiary/aromatic N) is 2. The molecule has 0 spiro atoms. The van der Waals surface area contributed by atoms with Crippen LogP contribution in [0.2, 0.25) is 0 Å². The fourth-order valence-electron chi connectivity index (χ4n) is 2.34. The van der Waals surface area contributed by atoms with Gasteiger partial charge in [-0.3, -0.25) is 0 Å². The van der Waals surface area contributed by atoms with E-state index in [4.69, 9.17) is 0 Å². The fraction of sp³-hybridized carbons (Fsp3) is 0.188. The van der Waals surface area contributed by atoms with Gasteiger partial charge in [0.25, 0.3) is 0 Å². The Kier molecular flexibility index (Phi) is 2.44. The zero-order valence-electron chi connectivity index (χ0n) is 11.0. The third kappa shape index (κ3) is 1.61. The number of aromatic nitrogens is 2. The molecule has 0 unspecified atom stereocenters. The molecule has 2 aromatic carbocycles. The summed E-state index contributed by atoms with van der Waals surface area (Å²) >= 11 is 0. The van der Waals surface area contributed by atoms with E-state index in [1.165, 1.54) is 27.8 Å².